The lowest BCUT2D eigenvalue weighted by atomic mass is 9.67. The number of hydrogen-bond donors (Lipinski definition) is 1. The summed E-state index contributed by atoms with van der Waals surface area (Å²) < 4.78 is 0. The summed E-state index contributed by atoms with van der Waals surface area (Å²) in [5, 5.41) is 9.77. The van der Waals surface area contributed by atoms with Crippen LogP contribution in [0.15, 0.2) is 24.3 Å². The minimum absolute atomic E-state index is 0.600. The van der Waals surface area contributed by atoms with Crippen molar-refractivity contribution in [1.29, 1.82) is 0 Å². The van der Waals surface area contributed by atoms with Crippen LogP contribution in [0.4, 0.5) is 0 Å². The number of benzene rings is 1. The van der Waals surface area contributed by atoms with E-state index in [1.807, 2.05) is 6.07 Å². The summed E-state index contributed by atoms with van der Waals surface area (Å²) in [4.78, 5) is 11.9. The number of hydrogen-bond acceptors (Lipinski definition) is 1. The van der Waals surface area contributed by atoms with Crippen LogP contribution in [0.1, 0.15) is 62.0 Å². The van der Waals surface area contributed by atoms with Gasteiger partial charge in [-0.3, -0.25) is 4.79 Å². The quantitative estimate of drug-likeness (QED) is 0.876. The summed E-state index contributed by atoms with van der Waals surface area (Å²) in [5.41, 5.74) is 1.82. The van der Waals surface area contributed by atoms with E-state index in [0.717, 1.165) is 31.2 Å². The molecule has 1 aromatic carbocycles. The minimum Gasteiger partial charge on any atom is -0.481 e. The molecule has 0 heterocycles. The standard InChI is InChI=1S/C16H20O2/c17-15(18)16(10-4-1-5-11-16)14-7-3-2-6-13(14)12-8-9-12/h2-3,6-7,12H,1,4-5,8-11H2,(H,17,18). The zero-order chi connectivity index (χ0) is 12.6. The normalized spacial score (nSPS) is 22.7. The van der Waals surface area contributed by atoms with Gasteiger partial charge in [0.2, 0.25) is 0 Å². The number of carboxylic acid groups (broad SMARTS) is 1. The Bertz CT molecular complexity index is 454. The van der Waals surface area contributed by atoms with Crippen LogP contribution in [0.3, 0.4) is 0 Å². The van der Waals surface area contributed by atoms with Crippen LogP contribution in [0.2, 0.25) is 0 Å². The van der Waals surface area contributed by atoms with E-state index in [1.165, 1.54) is 24.8 Å². The Hall–Kier alpha value is -1.31. The highest BCUT2D eigenvalue weighted by atomic mass is 16.4. The van der Waals surface area contributed by atoms with Crippen molar-refractivity contribution >= 4 is 5.97 Å². The SMILES string of the molecule is O=C(O)C1(c2ccccc2C2CC2)CCCCC1. The van der Waals surface area contributed by atoms with Crippen LogP contribution in [0, 0.1) is 0 Å². The molecule has 0 saturated heterocycles. The minimum atomic E-state index is -0.615. The first-order valence-electron chi connectivity index (χ1n) is 7.07. The molecule has 2 heteroatoms. The molecule has 1 aromatic rings. The van der Waals surface area contributed by atoms with Gasteiger partial charge in [-0.2, -0.15) is 0 Å². The fourth-order valence-corrected chi connectivity index (χ4v) is 3.44. The maximum absolute atomic E-state index is 11.9. The average Bonchev–Trinajstić information content (AvgIpc) is 3.24. The van der Waals surface area contributed by atoms with Gasteiger partial charge in [-0.1, -0.05) is 43.5 Å². The smallest absolute Gasteiger partial charge is 0.314 e. The van der Waals surface area contributed by atoms with Crippen molar-refractivity contribution in [3.05, 3.63) is 35.4 Å². The maximum atomic E-state index is 11.9. The molecule has 2 nitrogen and oxygen atoms in total. The number of aliphatic carboxylic acids is 1. The lowest BCUT2D eigenvalue weighted by Gasteiger charge is -2.35. The predicted octanol–water partition coefficient (Wildman–Crippen LogP) is 3.85. The summed E-state index contributed by atoms with van der Waals surface area (Å²) in [5.74, 6) is 0.00894. The molecule has 2 aliphatic rings. The molecule has 96 valence electrons. The van der Waals surface area contributed by atoms with E-state index < -0.39 is 11.4 Å². The lowest BCUT2D eigenvalue weighted by molar-refractivity contribution is -0.145. The molecule has 0 bridgehead atoms. The summed E-state index contributed by atoms with van der Waals surface area (Å²) in [6, 6.07) is 8.26. The second-order valence-electron chi connectivity index (χ2n) is 5.81. The first kappa shape index (κ1) is 11.8. The molecule has 0 amide bonds. The highest BCUT2D eigenvalue weighted by Crippen LogP contribution is 2.48. The first-order valence-corrected chi connectivity index (χ1v) is 7.07. The van der Waals surface area contributed by atoms with Crippen molar-refractivity contribution in [3.8, 4) is 0 Å². The summed E-state index contributed by atoms with van der Waals surface area (Å²) in [7, 11) is 0. The van der Waals surface area contributed by atoms with E-state index in [9.17, 15) is 9.90 Å². The molecule has 2 aliphatic carbocycles. The van der Waals surface area contributed by atoms with Gasteiger partial charge in [-0.15, -0.1) is 0 Å². The van der Waals surface area contributed by atoms with Gasteiger partial charge in [-0.25, -0.2) is 0 Å². The summed E-state index contributed by atoms with van der Waals surface area (Å²) in [6.45, 7) is 0. The fraction of sp³-hybridized carbons (Fsp3) is 0.562. The van der Waals surface area contributed by atoms with Crippen molar-refractivity contribution in [2.75, 3.05) is 0 Å². The van der Waals surface area contributed by atoms with Crippen LogP contribution >= 0.6 is 0 Å². The molecule has 0 radical (unpaired) electrons. The van der Waals surface area contributed by atoms with E-state index in [1.54, 1.807) is 0 Å². The third-order valence-corrected chi connectivity index (χ3v) is 4.61. The maximum Gasteiger partial charge on any atom is 0.314 e. The van der Waals surface area contributed by atoms with Gasteiger partial charge in [0.25, 0.3) is 0 Å². The first-order chi connectivity index (χ1) is 8.74. The van der Waals surface area contributed by atoms with Crippen molar-refractivity contribution in [1.82, 2.24) is 0 Å². The highest BCUT2D eigenvalue weighted by Gasteiger charge is 2.44. The molecular formula is C16H20O2. The Labute approximate surface area is 108 Å². The van der Waals surface area contributed by atoms with Gasteiger partial charge in [-0.05, 0) is 42.7 Å². The van der Waals surface area contributed by atoms with Crippen LogP contribution in [-0.2, 0) is 10.2 Å². The van der Waals surface area contributed by atoms with Crippen LogP contribution < -0.4 is 0 Å². The third-order valence-electron chi connectivity index (χ3n) is 4.61. The Morgan fingerprint density at radius 1 is 1.11 bits per heavy atom. The molecule has 0 spiro atoms. The molecule has 3 rings (SSSR count). The highest BCUT2D eigenvalue weighted by molar-refractivity contribution is 5.82. The van der Waals surface area contributed by atoms with Gasteiger partial charge < -0.3 is 5.11 Å². The molecule has 2 saturated carbocycles. The van der Waals surface area contributed by atoms with Crippen LogP contribution in [0.5, 0.6) is 0 Å². The Balaban J connectivity index is 2.07. The van der Waals surface area contributed by atoms with E-state index in [2.05, 4.69) is 18.2 Å². The lowest BCUT2D eigenvalue weighted by Crippen LogP contribution is -2.38. The largest absolute Gasteiger partial charge is 0.481 e. The second kappa shape index (κ2) is 4.42. The van der Waals surface area contributed by atoms with Gasteiger partial charge in [0, 0.05) is 0 Å². The van der Waals surface area contributed by atoms with Gasteiger partial charge in [0.05, 0.1) is 5.41 Å². The van der Waals surface area contributed by atoms with E-state index in [4.69, 9.17) is 0 Å². The van der Waals surface area contributed by atoms with Crippen molar-refractivity contribution < 1.29 is 9.90 Å². The van der Waals surface area contributed by atoms with Crippen molar-refractivity contribution in [2.24, 2.45) is 0 Å². The Morgan fingerprint density at radius 2 is 1.78 bits per heavy atom. The Morgan fingerprint density at radius 3 is 2.39 bits per heavy atom. The monoisotopic (exact) mass is 244 g/mol. The molecule has 0 aliphatic heterocycles. The van der Waals surface area contributed by atoms with Crippen LogP contribution in [0.25, 0.3) is 0 Å². The van der Waals surface area contributed by atoms with Gasteiger partial charge >= 0.3 is 5.97 Å². The number of carbonyl (C=O) groups is 1. The zero-order valence-corrected chi connectivity index (χ0v) is 10.7. The van der Waals surface area contributed by atoms with Crippen molar-refractivity contribution in [3.63, 3.8) is 0 Å². The number of carboxylic acids is 1. The molecule has 0 atom stereocenters. The predicted molar refractivity (Wildman–Crippen MR) is 70.8 cm³/mol. The fourth-order valence-electron chi connectivity index (χ4n) is 3.44. The zero-order valence-electron chi connectivity index (χ0n) is 10.7. The van der Waals surface area contributed by atoms with E-state index in [0.29, 0.717) is 5.92 Å². The Kier molecular flexibility index (Phi) is 2.89. The third kappa shape index (κ3) is 1.84. The van der Waals surface area contributed by atoms with Crippen LogP contribution in [-0.4, -0.2) is 11.1 Å². The van der Waals surface area contributed by atoms with E-state index >= 15 is 0 Å². The second-order valence-corrected chi connectivity index (χ2v) is 5.81. The average molecular weight is 244 g/mol. The van der Waals surface area contributed by atoms with Gasteiger partial charge in [0.15, 0.2) is 0 Å². The summed E-state index contributed by atoms with van der Waals surface area (Å²) >= 11 is 0. The molecule has 0 unspecified atom stereocenters. The van der Waals surface area contributed by atoms with Crippen molar-refractivity contribution in [2.45, 2.75) is 56.3 Å². The number of rotatable bonds is 3. The summed E-state index contributed by atoms with van der Waals surface area (Å²) in [6.07, 6.45) is 7.36. The van der Waals surface area contributed by atoms with Gasteiger partial charge in [0.1, 0.15) is 0 Å². The molecule has 1 N–H and O–H groups in total. The molecular weight excluding hydrogens is 224 g/mol. The topological polar surface area (TPSA) is 37.3 Å². The van der Waals surface area contributed by atoms with E-state index in [-0.39, 0.29) is 0 Å². The molecule has 2 fully saturated rings. The molecule has 0 aromatic heterocycles. The molecule has 18 heavy (non-hydrogen) atoms.